The number of ether oxygens (including phenoxy) is 5. The van der Waals surface area contributed by atoms with Gasteiger partial charge in [0.2, 0.25) is 11.6 Å². The van der Waals surface area contributed by atoms with Crippen LogP contribution in [0.4, 0.5) is 0 Å². The van der Waals surface area contributed by atoms with Crippen LogP contribution in [0.3, 0.4) is 0 Å². The van der Waals surface area contributed by atoms with Crippen molar-refractivity contribution in [1.29, 1.82) is 0 Å². The van der Waals surface area contributed by atoms with Crippen LogP contribution in [0, 0.1) is 34.5 Å². The first kappa shape index (κ1) is 28.7. The fraction of sp³-hybridized carbons (Fsp3) is 0.786. The number of ketones is 2. The van der Waals surface area contributed by atoms with Gasteiger partial charge in [-0.2, -0.15) is 0 Å². The summed E-state index contributed by atoms with van der Waals surface area (Å²) in [5.41, 5.74) is -1.08. The lowest BCUT2D eigenvalue weighted by atomic mass is 9.40. The van der Waals surface area contributed by atoms with Gasteiger partial charge in [0, 0.05) is 23.2 Å². The van der Waals surface area contributed by atoms with Gasteiger partial charge in [0.25, 0.3) is 0 Å². The van der Waals surface area contributed by atoms with Crippen LogP contribution in [0.2, 0.25) is 0 Å². The van der Waals surface area contributed by atoms with Crippen LogP contribution in [-0.4, -0.2) is 95.9 Å². The first-order valence-electron chi connectivity index (χ1n) is 13.6. The van der Waals surface area contributed by atoms with E-state index in [4.69, 9.17) is 23.7 Å². The molecule has 0 radical (unpaired) electrons. The second kappa shape index (κ2) is 9.90. The monoisotopic (exact) mass is 552 g/mol. The number of carbonyl (C=O) groups excluding carboxylic acids is 2. The Labute approximate surface area is 227 Å². The maximum absolute atomic E-state index is 14.1. The SMILES string of the molecule is COC1=C[C@@H](C)[C@@H]2C[C@H]3O[C@@H](O[C@@H]4O[C@H](CO)[C@@H](O)[C@@H](O)[C@H]4O)C[C@H]4C(C)=C(OC)C(=O)[C@@H]([C@@]2(C)C1=O)[C@@]34C. The second-order valence-electron chi connectivity index (χ2n) is 12.1. The molecule has 0 aromatic heterocycles. The summed E-state index contributed by atoms with van der Waals surface area (Å²) in [6, 6.07) is 0. The van der Waals surface area contributed by atoms with E-state index < -0.39 is 66.5 Å². The third-order valence-corrected chi connectivity index (χ3v) is 10.3. The number of carbonyl (C=O) groups is 2. The van der Waals surface area contributed by atoms with E-state index >= 15 is 0 Å². The molecule has 218 valence electrons. The molecule has 0 unspecified atom stereocenters. The molecule has 5 rings (SSSR count). The number of Topliss-reactive ketones (excluding diaryl/α,β-unsaturated/α-hetero) is 2. The van der Waals surface area contributed by atoms with Crippen molar-refractivity contribution >= 4 is 11.6 Å². The summed E-state index contributed by atoms with van der Waals surface area (Å²) in [7, 11) is 2.92. The normalized spacial score (nSPS) is 49.7. The quantitative estimate of drug-likeness (QED) is 0.374. The highest BCUT2D eigenvalue weighted by Crippen LogP contribution is 2.67. The van der Waals surface area contributed by atoms with Gasteiger partial charge in [-0.25, -0.2) is 0 Å². The Bertz CT molecular complexity index is 1080. The van der Waals surface area contributed by atoms with Crippen LogP contribution in [-0.2, 0) is 33.3 Å². The number of fused-ring (bicyclic) bond motifs is 2. The van der Waals surface area contributed by atoms with Crippen LogP contribution < -0.4 is 0 Å². The molecule has 39 heavy (non-hydrogen) atoms. The van der Waals surface area contributed by atoms with E-state index in [1.165, 1.54) is 14.2 Å². The van der Waals surface area contributed by atoms with Gasteiger partial charge in [-0.3, -0.25) is 9.59 Å². The van der Waals surface area contributed by atoms with Crippen LogP contribution in [0.5, 0.6) is 0 Å². The summed E-state index contributed by atoms with van der Waals surface area (Å²) in [4.78, 5) is 28.0. The van der Waals surface area contributed by atoms with Crippen molar-refractivity contribution in [2.45, 2.75) is 83.6 Å². The van der Waals surface area contributed by atoms with E-state index in [0.717, 1.165) is 5.57 Å². The summed E-state index contributed by atoms with van der Waals surface area (Å²) < 4.78 is 29.2. The van der Waals surface area contributed by atoms with Crippen LogP contribution in [0.1, 0.15) is 40.5 Å². The van der Waals surface area contributed by atoms with Crippen LogP contribution >= 0.6 is 0 Å². The minimum absolute atomic E-state index is 0.0770. The number of aliphatic hydroxyl groups excluding tert-OH is 4. The number of hydrogen-bond acceptors (Lipinski definition) is 11. The van der Waals surface area contributed by atoms with E-state index in [-0.39, 0.29) is 47.3 Å². The molecule has 13 atom stereocenters. The molecular formula is C28H40O11. The molecule has 1 saturated carbocycles. The van der Waals surface area contributed by atoms with Crippen molar-refractivity contribution in [2.24, 2.45) is 34.5 Å². The summed E-state index contributed by atoms with van der Waals surface area (Å²) in [6.45, 7) is 7.14. The summed E-state index contributed by atoms with van der Waals surface area (Å²) >= 11 is 0. The fourth-order valence-electron chi connectivity index (χ4n) is 8.37. The Morgan fingerprint density at radius 2 is 1.72 bits per heavy atom. The van der Waals surface area contributed by atoms with Crippen molar-refractivity contribution < 1.29 is 53.7 Å². The molecule has 0 aromatic rings. The number of aliphatic hydroxyl groups is 4. The highest BCUT2D eigenvalue weighted by atomic mass is 16.8. The standard InChI is InChI=1S/C28H40O11/c1-11-7-15(35-5)25(34)28(4)13(11)8-17-27(3)14(12(2)23(36-6)22(33)24(27)28)9-18(38-17)39-26-21(32)20(31)19(30)16(10-29)37-26/h7,11,13-14,16-21,24,26,29-32H,8-10H2,1-6H3/t11-,13+,14+,16-,17-,18+,19-,20-,21-,24-,26+,27-,28+/m1/s1. The van der Waals surface area contributed by atoms with Gasteiger partial charge in [0.05, 0.1) is 26.9 Å². The maximum atomic E-state index is 14.1. The van der Waals surface area contributed by atoms with Crippen LogP contribution in [0.25, 0.3) is 0 Å². The highest BCUT2D eigenvalue weighted by Gasteiger charge is 2.71. The molecule has 11 nitrogen and oxygen atoms in total. The molecular weight excluding hydrogens is 512 g/mol. The largest absolute Gasteiger partial charge is 0.493 e. The van der Waals surface area contributed by atoms with E-state index in [2.05, 4.69) is 0 Å². The minimum Gasteiger partial charge on any atom is -0.493 e. The van der Waals surface area contributed by atoms with Crippen molar-refractivity contribution in [3.8, 4) is 0 Å². The smallest absolute Gasteiger partial charge is 0.203 e. The molecule has 0 bridgehead atoms. The van der Waals surface area contributed by atoms with Gasteiger partial charge in [-0.1, -0.05) is 20.8 Å². The third-order valence-electron chi connectivity index (χ3n) is 10.3. The van der Waals surface area contributed by atoms with Gasteiger partial charge in [-0.05, 0) is 42.7 Å². The number of hydrogen-bond donors (Lipinski definition) is 4. The molecule has 2 saturated heterocycles. The first-order valence-corrected chi connectivity index (χ1v) is 13.6. The highest BCUT2D eigenvalue weighted by molar-refractivity contribution is 6.07. The van der Waals surface area contributed by atoms with Crippen molar-refractivity contribution in [1.82, 2.24) is 0 Å². The molecule has 4 N–H and O–H groups in total. The predicted octanol–water partition coefficient (Wildman–Crippen LogP) is 0.435. The molecule has 0 spiro atoms. The maximum Gasteiger partial charge on any atom is 0.203 e. The van der Waals surface area contributed by atoms with E-state index in [1.807, 2.05) is 33.8 Å². The summed E-state index contributed by atoms with van der Waals surface area (Å²) in [6.07, 6.45) is -5.98. The third kappa shape index (κ3) is 3.88. The van der Waals surface area contributed by atoms with E-state index in [0.29, 0.717) is 6.42 Å². The zero-order valence-corrected chi connectivity index (χ0v) is 23.2. The molecule has 5 aliphatic rings. The molecule has 0 amide bonds. The Morgan fingerprint density at radius 1 is 1.03 bits per heavy atom. The summed E-state index contributed by atoms with van der Waals surface area (Å²) in [5.74, 6) is -1.24. The molecule has 0 aromatic carbocycles. The Kier molecular flexibility index (Phi) is 7.28. The fourth-order valence-corrected chi connectivity index (χ4v) is 8.37. The van der Waals surface area contributed by atoms with Gasteiger partial charge >= 0.3 is 0 Å². The Morgan fingerprint density at radius 3 is 2.33 bits per heavy atom. The Hall–Kier alpha value is -1.86. The molecule has 2 heterocycles. The zero-order valence-electron chi connectivity index (χ0n) is 23.2. The molecule has 3 fully saturated rings. The van der Waals surface area contributed by atoms with Crippen molar-refractivity contribution in [3.05, 3.63) is 23.2 Å². The van der Waals surface area contributed by atoms with Crippen molar-refractivity contribution in [3.63, 3.8) is 0 Å². The van der Waals surface area contributed by atoms with Gasteiger partial charge < -0.3 is 44.1 Å². The topological polar surface area (TPSA) is 161 Å². The predicted molar refractivity (Wildman–Crippen MR) is 133 cm³/mol. The average Bonchev–Trinajstić information content (AvgIpc) is 2.90. The Balaban J connectivity index is 1.55. The number of rotatable bonds is 5. The van der Waals surface area contributed by atoms with E-state index in [1.54, 1.807) is 0 Å². The van der Waals surface area contributed by atoms with Gasteiger partial charge in [0.15, 0.2) is 24.1 Å². The van der Waals surface area contributed by atoms with Crippen molar-refractivity contribution in [2.75, 3.05) is 20.8 Å². The average molecular weight is 553 g/mol. The first-order chi connectivity index (χ1) is 18.4. The van der Waals surface area contributed by atoms with E-state index in [9.17, 15) is 30.0 Å². The lowest BCUT2D eigenvalue weighted by Gasteiger charge is -2.65. The molecule has 11 heteroatoms. The number of methoxy groups -OCH3 is 2. The lowest BCUT2D eigenvalue weighted by molar-refractivity contribution is -0.364. The molecule has 2 aliphatic heterocycles. The molecule has 3 aliphatic carbocycles. The summed E-state index contributed by atoms with van der Waals surface area (Å²) in [5, 5.41) is 40.5. The number of allylic oxidation sites excluding steroid dienone is 4. The van der Waals surface area contributed by atoms with Crippen LogP contribution in [0.15, 0.2) is 23.2 Å². The second-order valence-corrected chi connectivity index (χ2v) is 12.1. The van der Waals surface area contributed by atoms with Gasteiger partial charge in [0.1, 0.15) is 24.4 Å². The zero-order chi connectivity index (χ0) is 28.6. The lowest BCUT2D eigenvalue weighted by Crippen LogP contribution is -2.70. The minimum atomic E-state index is -1.58. The van der Waals surface area contributed by atoms with Gasteiger partial charge in [-0.15, -0.1) is 0 Å².